The lowest BCUT2D eigenvalue weighted by molar-refractivity contribution is -0.133. The van der Waals surface area contributed by atoms with Crippen molar-refractivity contribution in [2.24, 2.45) is 0 Å². The SMILES string of the molecule is O=C(O)CSc1ccc(C(=O)/C=C/c2ccc(Br)cc2F)cc1F. The molecule has 0 atom stereocenters. The molecule has 0 amide bonds. The Balaban J connectivity index is 2.13. The third-order valence-corrected chi connectivity index (χ3v) is 4.47. The smallest absolute Gasteiger partial charge is 0.313 e. The summed E-state index contributed by atoms with van der Waals surface area (Å²) in [5, 5.41) is 8.59. The normalized spacial score (nSPS) is 11.0. The molecule has 0 fully saturated rings. The van der Waals surface area contributed by atoms with E-state index in [1.54, 1.807) is 6.07 Å². The molecular formula is C17H11BrF2O3S. The number of carboxylic acid groups (broad SMARTS) is 1. The first-order valence-electron chi connectivity index (χ1n) is 6.68. The first-order valence-corrected chi connectivity index (χ1v) is 8.46. The summed E-state index contributed by atoms with van der Waals surface area (Å²) in [5.74, 6) is -2.96. The van der Waals surface area contributed by atoms with Gasteiger partial charge in [-0.15, -0.1) is 11.8 Å². The number of rotatable bonds is 6. The summed E-state index contributed by atoms with van der Waals surface area (Å²) in [6, 6.07) is 8.21. The van der Waals surface area contributed by atoms with Gasteiger partial charge in [0.15, 0.2) is 5.78 Å². The van der Waals surface area contributed by atoms with Gasteiger partial charge in [0.2, 0.25) is 0 Å². The highest BCUT2D eigenvalue weighted by molar-refractivity contribution is 9.10. The van der Waals surface area contributed by atoms with Crippen LogP contribution < -0.4 is 0 Å². The van der Waals surface area contributed by atoms with Crippen molar-refractivity contribution in [2.45, 2.75) is 4.90 Å². The first kappa shape index (κ1) is 18.4. The molecule has 1 N–H and O–H groups in total. The number of allylic oxidation sites excluding steroid dienone is 1. The molecule has 0 heterocycles. The highest BCUT2D eigenvalue weighted by atomic mass is 79.9. The van der Waals surface area contributed by atoms with Crippen molar-refractivity contribution in [3.05, 3.63) is 69.7 Å². The van der Waals surface area contributed by atoms with Crippen LogP contribution in [0.2, 0.25) is 0 Å². The molecule has 2 rings (SSSR count). The predicted molar refractivity (Wildman–Crippen MR) is 92.2 cm³/mol. The van der Waals surface area contributed by atoms with Crippen LogP contribution >= 0.6 is 27.7 Å². The topological polar surface area (TPSA) is 54.4 Å². The average molecular weight is 413 g/mol. The second-order valence-corrected chi connectivity index (χ2v) is 6.62. The van der Waals surface area contributed by atoms with Crippen molar-refractivity contribution in [2.75, 3.05) is 5.75 Å². The second kappa shape index (κ2) is 8.21. The van der Waals surface area contributed by atoms with Crippen LogP contribution in [0.3, 0.4) is 0 Å². The summed E-state index contributed by atoms with van der Waals surface area (Å²) in [6.45, 7) is 0. The Bertz CT molecular complexity index is 821. The van der Waals surface area contributed by atoms with E-state index in [9.17, 15) is 18.4 Å². The molecule has 0 aromatic heterocycles. The number of halogens is 3. The average Bonchev–Trinajstić information content (AvgIpc) is 2.52. The number of hydrogen-bond donors (Lipinski definition) is 1. The summed E-state index contributed by atoms with van der Waals surface area (Å²) in [6.07, 6.45) is 2.47. The Hall–Kier alpha value is -1.99. The van der Waals surface area contributed by atoms with E-state index >= 15 is 0 Å². The van der Waals surface area contributed by atoms with Gasteiger partial charge in [0.05, 0.1) is 5.75 Å². The summed E-state index contributed by atoms with van der Waals surface area (Å²) in [7, 11) is 0. The van der Waals surface area contributed by atoms with Crippen LogP contribution in [-0.2, 0) is 4.79 Å². The van der Waals surface area contributed by atoms with Crippen LogP contribution in [0.5, 0.6) is 0 Å². The van der Waals surface area contributed by atoms with Crippen LogP contribution in [0.15, 0.2) is 51.8 Å². The predicted octanol–water partition coefficient (Wildman–Crippen LogP) is 4.80. The van der Waals surface area contributed by atoms with Gasteiger partial charge in [0.25, 0.3) is 0 Å². The molecule has 0 aliphatic rings. The Morgan fingerprint density at radius 3 is 2.50 bits per heavy atom. The highest BCUT2D eigenvalue weighted by Gasteiger charge is 2.10. The van der Waals surface area contributed by atoms with Crippen molar-refractivity contribution in [3.63, 3.8) is 0 Å². The molecule has 0 saturated heterocycles. The molecule has 0 aliphatic carbocycles. The van der Waals surface area contributed by atoms with Gasteiger partial charge >= 0.3 is 5.97 Å². The molecule has 2 aromatic carbocycles. The Labute approximate surface area is 149 Å². The fraction of sp³-hybridized carbons (Fsp3) is 0.0588. The van der Waals surface area contributed by atoms with E-state index in [0.29, 0.717) is 4.47 Å². The van der Waals surface area contributed by atoms with Gasteiger partial charge in [-0.3, -0.25) is 9.59 Å². The minimum Gasteiger partial charge on any atom is -0.481 e. The molecule has 0 saturated carbocycles. The summed E-state index contributed by atoms with van der Waals surface area (Å²) >= 11 is 3.97. The molecule has 3 nitrogen and oxygen atoms in total. The van der Waals surface area contributed by atoms with E-state index in [1.165, 1.54) is 30.3 Å². The van der Waals surface area contributed by atoms with Gasteiger partial charge in [-0.25, -0.2) is 8.78 Å². The van der Waals surface area contributed by atoms with Gasteiger partial charge in [-0.1, -0.05) is 22.0 Å². The maximum atomic E-state index is 13.9. The lowest BCUT2D eigenvalue weighted by atomic mass is 10.1. The quantitative estimate of drug-likeness (QED) is 0.420. The van der Waals surface area contributed by atoms with Crippen molar-refractivity contribution >= 4 is 45.5 Å². The Kier molecular flexibility index (Phi) is 6.28. The maximum Gasteiger partial charge on any atom is 0.313 e. The number of hydrogen-bond acceptors (Lipinski definition) is 3. The van der Waals surface area contributed by atoms with Crippen molar-refractivity contribution in [1.82, 2.24) is 0 Å². The van der Waals surface area contributed by atoms with Crippen molar-refractivity contribution in [3.8, 4) is 0 Å². The molecule has 7 heteroatoms. The number of aliphatic carboxylic acids is 1. The van der Waals surface area contributed by atoms with Crippen molar-refractivity contribution in [1.29, 1.82) is 0 Å². The fourth-order valence-corrected chi connectivity index (χ4v) is 2.78. The highest BCUT2D eigenvalue weighted by Crippen LogP contribution is 2.23. The lowest BCUT2D eigenvalue weighted by Gasteiger charge is -2.03. The first-order chi connectivity index (χ1) is 11.4. The van der Waals surface area contributed by atoms with E-state index in [2.05, 4.69) is 15.9 Å². The van der Waals surface area contributed by atoms with Gasteiger partial charge in [-0.2, -0.15) is 0 Å². The molecular weight excluding hydrogens is 402 g/mol. The number of carbonyl (C=O) groups is 2. The minimum atomic E-state index is -1.06. The van der Waals surface area contributed by atoms with Gasteiger partial charge in [-0.05, 0) is 42.5 Å². The van der Waals surface area contributed by atoms with Gasteiger partial charge in [0.1, 0.15) is 11.6 Å². The van der Waals surface area contributed by atoms with E-state index in [4.69, 9.17) is 5.11 Å². The van der Waals surface area contributed by atoms with Crippen molar-refractivity contribution < 1.29 is 23.5 Å². The van der Waals surface area contributed by atoms with Crippen LogP contribution in [0.25, 0.3) is 6.08 Å². The minimum absolute atomic E-state index is 0.0981. The molecule has 0 unspecified atom stereocenters. The van der Waals surface area contributed by atoms with Crippen LogP contribution in [-0.4, -0.2) is 22.6 Å². The van der Waals surface area contributed by atoms with Crippen LogP contribution in [0, 0.1) is 11.6 Å². The summed E-state index contributed by atoms with van der Waals surface area (Å²) in [5.41, 5.74) is 0.335. The number of carbonyl (C=O) groups excluding carboxylic acids is 1. The molecule has 0 radical (unpaired) electrons. The molecule has 2 aromatic rings. The third-order valence-electron chi connectivity index (χ3n) is 2.94. The molecule has 124 valence electrons. The standard InChI is InChI=1S/C17H11BrF2O3S/c18-12-4-1-10(13(19)8-12)2-5-15(21)11-3-6-16(14(20)7-11)24-9-17(22)23/h1-8H,9H2,(H,22,23)/b5-2+. The van der Waals surface area contributed by atoms with Crippen LogP contribution in [0.1, 0.15) is 15.9 Å². The molecule has 0 aliphatic heterocycles. The number of carboxylic acids is 1. The number of thioether (sulfide) groups is 1. The lowest BCUT2D eigenvalue weighted by Crippen LogP contribution is -2.00. The summed E-state index contributed by atoms with van der Waals surface area (Å²) < 4.78 is 28.1. The summed E-state index contributed by atoms with van der Waals surface area (Å²) in [4.78, 5) is 22.7. The second-order valence-electron chi connectivity index (χ2n) is 4.69. The Morgan fingerprint density at radius 2 is 1.88 bits per heavy atom. The Morgan fingerprint density at radius 1 is 1.12 bits per heavy atom. The van der Waals surface area contributed by atoms with E-state index in [-0.39, 0.29) is 21.8 Å². The number of ketones is 1. The monoisotopic (exact) mass is 412 g/mol. The van der Waals surface area contributed by atoms with E-state index in [1.807, 2.05) is 0 Å². The molecule has 24 heavy (non-hydrogen) atoms. The fourth-order valence-electron chi connectivity index (χ4n) is 1.81. The van der Waals surface area contributed by atoms with Gasteiger partial charge in [0, 0.05) is 20.5 Å². The third kappa shape index (κ3) is 5.01. The van der Waals surface area contributed by atoms with E-state index in [0.717, 1.165) is 23.9 Å². The zero-order valence-corrected chi connectivity index (χ0v) is 14.5. The molecule has 0 spiro atoms. The zero-order chi connectivity index (χ0) is 17.7. The number of benzene rings is 2. The van der Waals surface area contributed by atoms with Crippen LogP contribution in [0.4, 0.5) is 8.78 Å². The van der Waals surface area contributed by atoms with E-state index < -0.39 is 23.4 Å². The zero-order valence-electron chi connectivity index (χ0n) is 12.1. The maximum absolute atomic E-state index is 13.9. The molecule has 0 bridgehead atoms. The largest absolute Gasteiger partial charge is 0.481 e. The van der Waals surface area contributed by atoms with Gasteiger partial charge < -0.3 is 5.11 Å².